The van der Waals surface area contributed by atoms with Crippen LogP contribution in [0.3, 0.4) is 0 Å². The third-order valence-electron chi connectivity index (χ3n) is 3.05. The van der Waals surface area contributed by atoms with Crippen LogP contribution in [0.25, 0.3) is 0 Å². The molecule has 25 heavy (non-hydrogen) atoms. The number of hydrogen-bond acceptors (Lipinski definition) is 6. The lowest BCUT2D eigenvalue weighted by Crippen LogP contribution is -2.25. The molecular formula is C15H16F3N3O4. The smallest absolute Gasteiger partial charge is 0.416 e. The van der Waals surface area contributed by atoms with Gasteiger partial charge in [0.2, 0.25) is 5.82 Å². The number of aromatic nitrogens is 2. The molecule has 7 nitrogen and oxygen atoms in total. The maximum atomic E-state index is 13.2. The van der Waals surface area contributed by atoms with Gasteiger partial charge >= 0.3 is 12.1 Å². The number of esters is 1. The van der Waals surface area contributed by atoms with E-state index in [9.17, 15) is 22.9 Å². The first-order valence-electron chi connectivity index (χ1n) is 7.02. The van der Waals surface area contributed by atoms with E-state index in [1.165, 1.54) is 25.1 Å². The van der Waals surface area contributed by atoms with Gasteiger partial charge in [-0.05, 0) is 23.7 Å². The molecule has 0 fully saturated rings. The topological polar surface area (TPSA) is 93.8 Å². The van der Waals surface area contributed by atoms with E-state index in [4.69, 9.17) is 9.84 Å². The molecule has 0 aliphatic carbocycles. The minimum atomic E-state index is -4.65. The second-order valence-corrected chi connectivity index (χ2v) is 4.51. The second-order valence-electron chi connectivity index (χ2n) is 4.51. The molecule has 1 unspecified atom stereocenters. The Balaban J connectivity index is 0.00000151. The largest absolute Gasteiger partial charge is 0.464 e. The number of ether oxygens (including phenoxy) is 1. The second kappa shape index (κ2) is 8.92. The van der Waals surface area contributed by atoms with E-state index in [1.54, 1.807) is 0 Å². The van der Waals surface area contributed by atoms with E-state index < -0.39 is 23.8 Å². The first-order valence-corrected chi connectivity index (χ1v) is 7.02. The molecule has 1 N–H and O–H groups in total. The molecule has 10 heteroatoms. The fraction of sp³-hybridized carbons (Fsp3) is 0.333. The van der Waals surface area contributed by atoms with Crippen molar-refractivity contribution in [3.8, 4) is 0 Å². The van der Waals surface area contributed by atoms with Crippen LogP contribution >= 0.6 is 0 Å². The Morgan fingerprint density at radius 3 is 2.52 bits per heavy atom. The van der Waals surface area contributed by atoms with Gasteiger partial charge in [-0.1, -0.05) is 18.2 Å². The van der Waals surface area contributed by atoms with Gasteiger partial charge in [-0.25, -0.2) is 9.78 Å². The van der Waals surface area contributed by atoms with Crippen LogP contribution in [0.1, 0.15) is 24.1 Å². The van der Waals surface area contributed by atoms with Crippen LogP contribution in [0.2, 0.25) is 0 Å². The lowest BCUT2D eigenvalue weighted by molar-refractivity contribution is -0.147. The zero-order chi connectivity index (χ0) is 19.0. The summed E-state index contributed by atoms with van der Waals surface area (Å²) in [6.45, 7) is 1.54. The van der Waals surface area contributed by atoms with Crippen molar-refractivity contribution in [2.75, 3.05) is 13.7 Å². The third-order valence-corrected chi connectivity index (χ3v) is 3.05. The van der Waals surface area contributed by atoms with E-state index in [0.29, 0.717) is 0 Å². The Labute approximate surface area is 141 Å². The van der Waals surface area contributed by atoms with E-state index >= 15 is 0 Å². The molecule has 0 saturated heterocycles. The maximum absolute atomic E-state index is 13.2. The number of nitrogens with zero attached hydrogens (tertiary/aromatic N) is 3. The monoisotopic (exact) mass is 359 g/mol. The van der Waals surface area contributed by atoms with Gasteiger partial charge in [0.25, 0.3) is 0 Å². The fourth-order valence-corrected chi connectivity index (χ4v) is 2.14. The molecule has 2 aromatic rings. The molecule has 1 atom stereocenters. The number of halogens is 3. The maximum Gasteiger partial charge on any atom is 0.416 e. The van der Waals surface area contributed by atoms with Gasteiger partial charge in [-0.15, -0.1) is 4.91 Å². The molecule has 0 saturated carbocycles. The normalized spacial score (nSPS) is 11.9. The van der Waals surface area contributed by atoms with Crippen molar-refractivity contribution in [2.24, 2.45) is 5.18 Å². The van der Waals surface area contributed by atoms with Gasteiger partial charge in [0.1, 0.15) is 0 Å². The number of hydrogen-bond donors (Lipinski definition) is 1. The van der Waals surface area contributed by atoms with E-state index in [0.717, 1.165) is 30.3 Å². The SMILES string of the molecule is CCOC(=O)C(c1ccccc1C(F)(F)F)n1cnc(N=O)c1.CO. The Hall–Kier alpha value is -2.75. The molecule has 136 valence electrons. The molecular weight excluding hydrogens is 343 g/mol. The summed E-state index contributed by atoms with van der Waals surface area (Å²) >= 11 is 0. The summed E-state index contributed by atoms with van der Waals surface area (Å²) in [5.74, 6) is -1.14. The summed E-state index contributed by atoms with van der Waals surface area (Å²) in [6.07, 6.45) is -2.50. The number of aliphatic hydroxyl groups excluding tert-OH is 1. The van der Waals surface area contributed by atoms with E-state index in [-0.39, 0.29) is 18.0 Å². The first kappa shape index (κ1) is 20.3. The number of carbonyl (C=O) groups is 1. The van der Waals surface area contributed by atoms with Gasteiger partial charge in [0.15, 0.2) is 6.04 Å². The summed E-state index contributed by atoms with van der Waals surface area (Å²) in [5.41, 5.74) is -1.26. The van der Waals surface area contributed by atoms with Crippen molar-refractivity contribution < 1.29 is 27.8 Å². The fourth-order valence-electron chi connectivity index (χ4n) is 2.14. The minimum absolute atomic E-state index is 0.00297. The zero-order valence-corrected chi connectivity index (χ0v) is 13.4. The number of nitroso groups, excluding NO2 is 1. The molecule has 2 rings (SSSR count). The number of benzene rings is 1. The van der Waals surface area contributed by atoms with Gasteiger partial charge in [0.05, 0.1) is 24.7 Å². The number of rotatable bonds is 5. The molecule has 1 aromatic carbocycles. The average molecular weight is 359 g/mol. The minimum Gasteiger partial charge on any atom is -0.464 e. The molecule has 0 bridgehead atoms. The summed E-state index contributed by atoms with van der Waals surface area (Å²) in [4.78, 5) is 26.3. The highest BCUT2D eigenvalue weighted by Gasteiger charge is 2.38. The van der Waals surface area contributed by atoms with Crippen LogP contribution in [-0.4, -0.2) is 34.3 Å². The van der Waals surface area contributed by atoms with Crippen LogP contribution in [-0.2, 0) is 15.7 Å². The van der Waals surface area contributed by atoms with Crippen LogP contribution in [0.15, 0.2) is 42.0 Å². The molecule has 0 aliphatic rings. The van der Waals surface area contributed by atoms with Crippen LogP contribution in [0.4, 0.5) is 19.0 Å². The predicted octanol–water partition coefficient (Wildman–Crippen LogP) is 3.06. The van der Waals surface area contributed by atoms with Crippen LogP contribution in [0.5, 0.6) is 0 Å². The summed E-state index contributed by atoms with van der Waals surface area (Å²) < 4.78 is 45.5. The molecule has 0 radical (unpaired) electrons. The number of carbonyl (C=O) groups excluding carboxylic acids is 1. The standard InChI is InChI=1S/C14H12F3N3O3.CH4O/c1-2-23-13(21)12(20-7-11(19-22)18-8-20)9-5-3-4-6-10(9)14(15,16)17;1-2/h3-8,12H,2H2,1H3;2H,1H3. The van der Waals surface area contributed by atoms with Crippen molar-refractivity contribution in [3.05, 3.63) is 52.8 Å². The molecule has 1 aromatic heterocycles. The summed E-state index contributed by atoms with van der Waals surface area (Å²) in [6, 6.07) is 3.24. The van der Waals surface area contributed by atoms with E-state index in [1.807, 2.05) is 0 Å². The molecule has 0 amide bonds. The van der Waals surface area contributed by atoms with Crippen molar-refractivity contribution in [1.82, 2.24) is 9.55 Å². The number of imidazole rings is 1. The van der Waals surface area contributed by atoms with Crippen molar-refractivity contribution in [3.63, 3.8) is 0 Å². The van der Waals surface area contributed by atoms with Crippen molar-refractivity contribution >= 4 is 11.8 Å². The molecule has 1 heterocycles. The number of alkyl halides is 3. The Morgan fingerprint density at radius 1 is 1.36 bits per heavy atom. The highest BCUT2D eigenvalue weighted by molar-refractivity contribution is 5.79. The van der Waals surface area contributed by atoms with Gasteiger partial charge in [-0.3, -0.25) is 0 Å². The highest BCUT2D eigenvalue weighted by atomic mass is 19.4. The first-order chi connectivity index (χ1) is 11.9. The Morgan fingerprint density at radius 2 is 2.00 bits per heavy atom. The lowest BCUT2D eigenvalue weighted by Gasteiger charge is -2.21. The Bertz CT molecular complexity index is 716. The van der Waals surface area contributed by atoms with Crippen LogP contribution in [0, 0.1) is 4.91 Å². The van der Waals surface area contributed by atoms with Gasteiger partial charge in [-0.2, -0.15) is 13.2 Å². The van der Waals surface area contributed by atoms with Crippen LogP contribution < -0.4 is 0 Å². The number of aliphatic hydroxyl groups is 1. The summed E-state index contributed by atoms with van der Waals surface area (Å²) in [7, 11) is 1.00. The average Bonchev–Trinajstić information content (AvgIpc) is 3.05. The molecule has 0 spiro atoms. The predicted molar refractivity (Wildman–Crippen MR) is 82.0 cm³/mol. The molecule has 0 aliphatic heterocycles. The summed E-state index contributed by atoms with van der Waals surface area (Å²) in [5, 5.41) is 9.59. The quantitative estimate of drug-likeness (QED) is 0.654. The lowest BCUT2D eigenvalue weighted by atomic mass is 9.99. The third kappa shape index (κ3) is 4.86. The van der Waals surface area contributed by atoms with Crippen molar-refractivity contribution in [1.29, 1.82) is 0 Å². The van der Waals surface area contributed by atoms with Gasteiger partial charge in [0, 0.05) is 7.11 Å². The zero-order valence-electron chi connectivity index (χ0n) is 13.4. The van der Waals surface area contributed by atoms with Gasteiger partial charge < -0.3 is 14.4 Å². The highest BCUT2D eigenvalue weighted by Crippen LogP contribution is 2.36. The van der Waals surface area contributed by atoms with E-state index in [2.05, 4.69) is 10.2 Å². The van der Waals surface area contributed by atoms with Crippen molar-refractivity contribution in [2.45, 2.75) is 19.1 Å². The Kier molecular flexibility index (Phi) is 7.24.